The van der Waals surface area contributed by atoms with Gasteiger partial charge >= 0.3 is 0 Å². The van der Waals surface area contributed by atoms with Crippen molar-refractivity contribution in [1.29, 1.82) is 0 Å². The Morgan fingerprint density at radius 3 is 2.15 bits per heavy atom. The van der Waals surface area contributed by atoms with Gasteiger partial charge in [0.15, 0.2) is 0 Å². The van der Waals surface area contributed by atoms with E-state index >= 15 is 0 Å². The van der Waals surface area contributed by atoms with E-state index in [1.165, 1.54) is 16.5 Å². The van der Waals surface area contributed by atoms with E-state index in [-0.39, 0.29) is 0 Å². The summed E-state index contributed by atoms with van der Waals surface area (Å²) in [5.41, 5.74) is 8.92. The molecule has 2 heteroatoms. The van der Waals surface area contributed by atoms with Crippen molar-refractivity contribution in [3.63, 3.8) is 0 Å². The molecule has 33 heavy (non-hydrogen) atoms. The number of benzene rings is 3. The molecule has 5 rings (SSSR count). The molecule has 0 saturated carbocycles. The van der Waals surface area contributed by atoms with Gasteiger partial charge < -0.3 is 0 Å². The fourth-order valence-corrected chi connectivity index (χ4v) is 4.42. The number of hydrogen-bond donors (Lipinski definition) is 0. The number of nitrogens with zero attached hydrogens (tertiary/aromatic N) is 2. The summed E-state index contributed by atoms with van der Waals surface area (Å²) in [4.78, 5) is 5.16. The first kappa shape index (κ1) is 20.7. The second-order valence-electron chi connectivity index (χ2n) is 8.19. The third-order valence-electron chi connectivity index (χ3n) is 5.95. The Morgan fingerprint density at radius 2 is 1.48 bits per heavy atom. The molecule has 0 atom stereocenters. The first-order valence-corrected chi connectivity index (χ1v) is 11.2. The van der Waals surface area contributed by atoms with Gasteiger partial charge in [0, 0.05) is 16.5 Å². The van der Waals surface area contributed by atoms with Crippen LogP contribution in [-0.2, 0) is 0 Å². The Balaban J connectivity index is 1.86. The van der Waals surface area contributed by atoms with E-state index in [9.17, 15) is 0 Å². The molecular formula is C31H26N2. The highest BCUT2D eigenvalue weighted by Gasteiger charge is 2.17. The minimum absolute atomic E-state index is 0.894. The maximum Gasteiger partial charge on any atom is 0.138 e. The van der Waals surface area contributed by atoms with Crippen LogP contribution in [0.1, 0.15) is 23.7 Å². The lowest BCUT2D eigenvalue weighted by Crippen LogP contribution is -2.02. The Bertz CT molecular complexity index is 1410. The van der Waals surface area contributed by atoms with E-state index in [0.29, 0.717) is 0 Å². The van der Waals surface area contributed by atoms with Crippen LogP contribution in [0.3, 0.4) is 0 Å². The van der Waals surface area contributed by atoms with E-state index in [1.807, 2.05) is 25.1 Å². The molecule has 0 spiro atoms. The summed E-state index contributed by atoms with van der Waals surface area (Å²) >= 11 is 0. The lowest BCUT2D eigenvalue weighted by atomic mass is 10.0. The zero-order valence-corrected chi connectivity index (χ0v) is 19.0. The first-order chi connectivity index (χ1) is 16.2. The molecule has 0 bridgehead atoms. The smallest absolute Gasteiger partial charge is 0.138 e. The van der Waals surface area contributed by atoms with Crippen molar-refractivity contribution < 1.29 is 0 Å². The average Bonchev–Trinajstić information content (AvgIpc) is 3.17. The average molecular weight is 427 g/mol. The van der Waals surface area contributed by atoms with Crippen molar-refractivity contribution in [1.82, 2.24) is 9.55 Å². The van der Waals surface area contributed by atoms with Gasteiger partial charge in [0.25, 0.3) is 0 Å². The van der Waals surface area contributed by atoms with Crippen LogP contribution >= 0.6 is 0 Å². The summed E-state index contributed by atoms with van der Waals surface area (Å²) in [7, 11) is 0. The standard InChI is InChI=1S/C31H26N2/c1-4-12-29-26(5-2)27-19-22(3)17-18-30(27)33(29)31-21-25(23-13-8-6-9-14-23)20-28(32-31)24-15-10-7-11-16-24/h4-21H,2H2,1,3H3/b12-4-. The van der Waals surface area contributed by atoms with Crippen LogP contribution in [0.25, 0.3) is 51.3 Å². The van der Waals surface area contributed by atoms with Crippen molar-refractivity contribution in [3.05, 3.63) is 120 Å². The number of aryl methyl sites for hydroxylation is 1. The third kappa shape index (κ3) is 3.81. The van der Waals surface area contributed by atoms with Crippen LogP contribution in [0.5, 0.6) is 0 Å². The zero-order valence-electron chi connectivity index (χ0n) is 19.0. The number of aromatic nitrogens is 2. The second kappa shape index (κ2) is 8.76. The monoisotopic (exact) mass is 426 g/mol. The summed E-state index contributed by atoms with van der Waals surface area (Å²) in [5, 5.41) is 1.19. The summed E-state index contributed by atoms with van der Waals surface area (Å²) in [5.74, 6) is 0.894. The van der Waals surface area contributed by atoms with Crippen molar-refractivity contribution in [2.75, 3.05) is 0 Å². The molecule has 2 aromatic heterocycles. The maximum atomic E-state index is 5.16. The Kier molecular flexibility index (Phi) is 5.50. The van der Waals surface area contributed by atoms with Gasteiger partial charge in [-0.15, -0.1) is 0 Å². The maximum absolute atomic E-state index is 5.16. The lowest BCUT2D eigenvalue weighted by molar-refractivity contribution is 1.03. The van der Waals surface area contributed by atoms with Gasteiger partial charge in [0.05, 0.1) is 16.9 Å². The molecule has 0 amide bonds. The van der Waals surface area contributed by atoms with E-state index in [1.54, 1.807) is 0 Å². The molecule has 160 valence electrons. The molecule has 2 heterocycles. The summed E-state index contributed by atoms with van der Waals surface area (Å²) in [6, 6.07) is 31.8. The highest BCUT2D eigenvalue weighted by atomic mass is 15.1. The van der Waals surface area contributed by atoms with Gasteiger partial charge in [-0.2, -0.15) is 0 Å². The van der Waals surface area contributed by atoms with Gasteiger partial charge in [-0.3, -0.25) is 4.57 Å². The number of fused-ring (bicyclic) bond motifs is 1. The highest BCUT2D eigenvalue weighted by Crippen LogP contribution is 2.34. The Labute approximate surface area is 195 Å². The predicted octanol–water partition coefficient (Wildman–Crippen LogP) is 8.34. The van der Waals surface area contributed by atoms with Gasteiger partial charge in [-0.25, -0.2) is 4.98 Å². The minimum Gasteiger partial charge on any atom is -0.294 e. The quantitative estimate of drug-likeness (QED) is 0.276. The van der Waals surface area contributed by atoms with Gasteiger partial charge in [-0.05, 0) is 55.3 Å². The molecule has 0 radical (unpaired) electrons. The van der Waals surface area contributed by atoms with Gasteiger partial charge in [-0.1, -0.05) is 91.0 Å². The molecule has 0 saturated heterocycles. The van der Waals surface area contributed by atoms with Crippen LogP contribution in [-0.4, -0.2) is 9.55 Å². The number of allylic oxidation sites excluding steroid dienone is 1. The molecule has 2 nitrogen and oxygen atoms in total. The molecule has 3 aromatic carbocycles. The fraction of sp³-hybridized carbons (Fsp3) is 0.0645. The molecule has 0 N–H and O–H groups in total. The number of rotatable bonds is 5. The number of hydrogen-bond acceptors (Lipinski definition) is 1. The van der Waals surface area contributed by atoms with Gasteiger partial charge in [0.1, 0.15) is 5.82 Å². The van der Waals surface area contributed by atoms with E-state index < -0.39 is 0 Å². The zero-order chi connectivity index (χ0) is 22.8. The predicted molar refractivity (Wildman–Crippen MR) is 141 cm³/mol. The third-order valence-corrected chi connectivity index (χ3v) is 5.95. The van der Waals surface area contributed by atoms with E-state index in [0.717, 1.165) is 39.4 Å². The van der Waals surface area contributed by atoms with Crippen molar-refractivity contribution in [2.45, 2.75) is 13.8 Å². The molecule has 0 unspecified atom stereocenters. The summed E-state index contributed by atoms with van der Waals surface area (Å²) in [6.45, 7) is 8.29. The normalized spacial score (nSPS) is 11.3. The van der Waals surface area contributed by atoms with E-state index in [2.05, 4.69) is 109 Å². The Hall–Kier alpha value is -4.17. The fourth-order valence-electron chi connectivity index (χ4n) is 4.42. The SMILES string of the molecule is C=Cc1c(/C=C\C)n(-c2cc(-c3ccccc3)cc(-c3ccccc3)n2)c2ccc(C)cc12. The molecule has 0 fully saturated rings. The molecular weight excluding hydrogens is 400 g/mol. The van der Waals surface area contributed by atoms with Crippen LogP contribution in [0.15, 0.2) is 104 Å². The van der Waals surface area contributed by atoms with Crippen molar-refractivity contribution in [3.8, 4) is 28.2 Å². The van der Waals surface area contributed by atoms with E-state index in [4.69, 9.17) is 4.98 Å². The van der Waals surface area contributed by atoms with Crippen molar-refractivity contribution >= 4 is 23.1 Å². The number of pyridine rings is 1. The molecule has 0 aliphatic rings. The molecule has 0 aliphatic carbocycles. The van der Waals surface area contributed by atoms with Gasteiger partial charge in [0.2, 0.25) is 0 Å². The van der Waals surface area contributed by atoms with Crippen LogP contribution in [0.4, 0.5) is 0 Å². The molecule has 5 aromatic rings. The minimum atomic E-state index is 0.894. The largest absolute Gasteiger partial charge is 0.294 e. The summed E-state index contributed by atoms with van der Waals surface area (Å²) in [6.07, 6.45) is 6.17. The second-order valence-corrected chi connectivity index (χ2v) is 8.19. The van der Waals surface area contributed by atoms with Crippen LogP contribution < -0.4 is 0 Å². The van der Waals surface area contributed by atoms with Crippen LogP contribution in [0.2, 0.25) is 0 Å². The first-order valence-electron chi connectivity index (χ1n) is 11.2. The topological polar surface area (TPSA) is 17.8 Å². The Morgan fingerprint density at radius 1 is 0.788 bits per heavy atom. The van der Waals surface area contributed by atoms with Crippen LogP contribution in [0, 0.1) is 6.92 Å². The lowest BCUT2D eigenvalue weighted by Gasteiger charge is -2.14. The highest BCUT2D eigenvalue weighted by molar-refractivity contribution is 5.95. The molecule has 0 aliphatic heterocycles. The summed E-state index contributed by atoms with van der Waals surface area (Å²) < 4.78 is 2.25. The van der Waals surface area contributed by atoms with Crippen molar-refractivity contribution in [2.24, 2.45) is 0 Å².